The molecule has 0 bridgehead atoms. The van der Waals surface area contributed by atoms with Crippen molar-refractivity contribution in [1.29, 1.82) is 0 Å². The molecule has 1 aliphatic rings. The SMILES string of the molecule is C=C(/C=C\C=C/N)C1=CC(O)N(c2ccc([N+](=O)[O-])cc2[N+](=O)[O-])C=C1. The number of anilines is 1. The molecule has 0 saturated heterocycles. The third kappa shape index (κ3) is 4.02. The zero-order valence-corrected chi connectivity index (χ0v) is 13.6. The first-order valence-corrected chi connectivity index (χ1v) is 7.38. The molecule has 1 unspecified atom stereocenters. The van der Waals surface area contributed by atoms with Crippen LogP contribution in [0.5, 0.6) is 0 Å². The molecule has 3 N–H and O–H groups in total. The van der Waals surface area contributed by atoms with Crippen LogP contribution >= 0.6 is 0 Å². The van der Waals surface area contributed by atoms with E-state index >= 15 is 0 Å². The summed E-state index contributed by atoms with van der Waals surface area (Å²) in [5, 5.41) is 32.4. The van der Waals surface area contributed by atoms with E-state index < -0.39 is 27.4 Å². The highest BCUT2D eigenvalue weighted by Crippen LogP contribution is 2.35. The van der Waals surface area contributed by atoms with Gasteiger partial charge in [0.25, 0.3) is 11.4 Å². The Morgan fingerprint density at radius 1 is 1.27 bits per heavy atom. The van der Waals surface area contributed by atoms with Crippen molar-refractivity contribution >= 4 is 17.1 Å². The lowest BCUT2D eigenvalue weighted by Crippen LogP contribution is -2.31. The molecule has 0 spiro atoms. The summed E-state index contributed by atoms with van der Waals surface area (Å²) >= 11 is 0. The zero-order valence-electron chi connectivity index (χ0n) is 13.6. The Morgan fingerprint density at radius 2 is 2.00 bits per heavy atom. The van der Waals surface area contributed by atoms with E-state index in [1.165, 1.54) is 29.4 Å². The van der Waals surface area contributed by atoms with Gasteiger partial charge in [-0.2, -0.15) is 0 Å². The minimum Gasteiger partial charge on any atom is -0.405 e. The smallest absolute Gasteiger partial charge is 0.299 e. The molecule has 26 heavy (non-hydrogen) atoms. The van der Waals surface area contributed by atoms with Crippen LogP contribution in [0, 0.1) is 20.2 Å². The number of nitro groups is 2. The summed E-state index contributed by atoms with van der Waals surface area (Å²) in [6.07, 6.45) is 9.67. The van der Waals surface area contributed by atoms with Crippen LogP contribution in [-0.4, -0.2) is 21.2 Å². The number of hydrogen-bond donors (Lipinski definition) is 2. The normalized spacial score (nSPS) is 16.9. The van der Waals surface area contributed by atoms with Crippen LogP contribution < -0.4 is 10.6 Å². The molecule has 1 aromatic rings. The second kappa shape index (κ2) is 7.90. The number of rotatable bonds is 6. The van der Waals surface area contributed by atoms with Gasteiger partial charge in [-0.3, -0.25) is 20.2 Å². The van der Waals surface area contributed by atoms with Gasteiger partial charge in [0, 0.05) is 12.3 Å². The Morgan fingerprint density at radius 3 is 2.58 bits per heavy atom. The first-order chi connectivity index (χ1) is 12.3. The van der Waals surface area contributed by atoms with E-state index in [2.05, 4.69) is 6.58 Å². The number of benzene rings is 1. The molecule has 0 aliphatic carbocycles. The Kier molecular flexibility index (Phi) is 5.66. The van der Waals surface area contributed by atoms with E-state index in [0.29, 0.717) is 11.1 Å². The number of nitrogens with two attached hydrogens (primary N) is 1. The highest BCUT2D eigenvalue weighted by atomic mass is 16.6. The van der Waals surface area contributed by atoms with E-state index in [0.717, 1.165) is 12.1 Å². The summed E-state index contributed by atoms with van der Waals surface area (Å²) in [5.41, 5.74) is 5.61. The fourth-order valence-corrected chi connectivity index (χ4v) is 2.30. The molecule has 1 aliphatic heterocycles. The fourth-order valence-electron chi connectivity index (χ4n) is 2.30. The minimum atomic E-state index is -1.20. The average molecular weight is 356 g/mol. The molecule has 1 atom stereocenters. The second-order valence-corrected chi connectivity index (χ2v) is 5.22. The summed E-state index contributed by atoms with van der Waals surface area (Å²) in [4.78, 5) is 21.9. The summed E-state index contributed by atoms with van der Waals surface area (Å²) in [6.45, 7) is 3.87. The van der Waals surface area contributed by atoms with Gasteiger partial charge >= 0.3 is 0 Å². The number of aliphatic hydroxyl groups excluding tert-OH is 1. The Labute approximate surface area is 148 Å². The van der Waals surface area contributed by atoms with Gasteiger partial charge in [0.15, 0.2) is 6.23 Å². The molecule has 0 aromatic heterocycles. The lowest BCUT2D eigenvalue weighted by molar-refractivity contribution is -0.393. The monoisotopic (exact) mass is 356 g/mol. The maximum absolute atomic E-state index is 11.3. The van der Waals surface area contributed by atoms with Crippen molar-refractivity contribution in [3.8, 4) is 0 Å². The van der Waals surface area contributed by atoms with Gasteiger partial charge in [-0.05, 0) is 41.6 Å². The van der Waals surface area contributed by atoms with Crippen molar-refractivity contribution in [1.82, 2.24) is 0 Å². The lowest BCUT2D eigenvalue weighted by Gasteiger charge is -2.27. The largest absolute Gasteiger partial charge is 0.405 e. The minimum absolute atomic E-state index is 0.0341. The summed E-state index contributed by atoms with van der Waals surface area (Å²) in [7, 11) is 0. The predicted octanol–water partition coefficient (Wildman–Crippen LogP) is 2.67. The standard InChI is InChI=1S/C17H16N4O5/c1-12(4-2-3-8-18)13-7-9-19(17(22)10-13)15-6-5-14(20(23)24)11-16(15)21(25)26/h2-11,17,22H,1,18H2/b4-2-,8-3-. The van der Waals surface area contributed by atoms with Gasteiger partial charge < -0.3 is 15.7 Å². The van der Waals surface area contributed by atoms with Crippen molar-refractivity contribution in [3.63, 3.8) is 0 Å². The van der Waals surface area contributed by atoms with E-state index in [4.69, 9.17) is 5.73 Å². The van der Waals surface area contributed by atoms with Crippen LogP contribution in [0.2, 0.25) is 0 Å². The van der Waals surface area contributed by atoms with Crippen LogP contribution in [-0.2, 0) is 0 Å². The number of hydrogen-bond acceptors (Lipinski definition) is 7. The topological polar surface area (TPSA) is 136 Å². The van der Waals surface area contributed by atoms with Crippen molar-refractivity contribution in [2.45, 2.75) is 6.23 Å². The van der Waals surface area contributed by atoms with Crippen LogP contribution in [0.25, 0.3) is 0 Å². The van der Waals surface area contributed by atoms with Crippen molar-refractivity contribution in [2.24, 2.45) is 5.73 Å². The molecular weight excluding hydrogens is 340 g/mol. The zero-order chi connectivity index (χ0) is 19.3. The quantitative estimate of drug-likeness (QED) is 0.454. The molecule has 9 heteroatoms. The van der Waals surface area contributed by atoms with E-state index in [-0.39, 0.29) is 5.69 Å². The van der Waals surface area contributed by atoms with E-state index in [1.807, 2.05) is 0 Å². The maximum Gasteiger partial charge on any atom is 0.299 e. The van der Waals surface area contributed by atoms with Crippen LogP contribution in [0.15, 0.2) is 78.7 Å². The third-order valence-electron chi connectivity index (χ3n) is 3.56. The molecule has 0 fully saturated rings. The van der Waals surface area contributed by atoms with Crippen LogP contribution in [0.4, 0.5) is 17.1 Å². The number of nitro benzene ring substituents is 2. The molecule has 0 saturated carbocycles. The molecule has 134 valence electrons. The number of nitrogens with zero attached hydrogens (tertiary/aromatic N) is 3. The molecule has 0 amide bonds. The van der Waals surface area contributed by atoms with Gasteiger partial charge in [-0.15, -0.1) is 0 Å². The van der Waals surface area contributed by atoms with Crippen LogP contribution in [0.1, 0.15) is 0 Å². The van der Waals surface area contributed by atoms with Crippen molar-refractivity contribution in [2.75, 3.05) is 4.90 Å². The Hall–Kier alpha value is -3.72. The summed E-state index contributed by atoms with van der Waals surface area (Å²) in [5.74, 6) is 0. The Bertz CT molecular complexity index is 870. The van der Waals surface area contributed by atoms with Gasteiger partial charge in [0.2, 0.25) is 0 Å². The Balaban J connectivity index is 2.33. The van der Waals surface area contributed by atoms with Crippen LogP contribution in [0.3, 0.4) is 0 Å². The van der Waals surface area contributed by atoms with Gasteiger partial charge in [0.05, 0.1) is 15.9 Å². The first kappa shape index (κ1) is 18.6. The molecule has 0 radical (unpaired) electrons. The predicted molar refractivity (Wildman–Crippen MR) is 97.1 cm³/mol. The summed E-state index contributed by atoms with van der Waals surface area (Å²) < 4.78 is 0. The number of allylic oxidation sites excluding steroid dienone is 6. The molecule has 9 nitrogen and oxygen atoms in total. The molecule has 1 heterocycles. The highest BCUT2D eigenvalue weighted by Gasteiger charge is 2.26. The van der Waals surface area contributed by atoms with E-state index in [9.17, 15) is 25.3 Å². The van der Waals surface area contributed by atoms with Gasteiger partial charge in [-0.25, -0.2) is 0 Å². The molecule has 2 rings (SSSR count). The van der Waals surface area contributed by atoms with Gasteiger partial charge in [-0.1, -0.05) is 18.7 Å². The third-order valence-corrected chi connectivity index (χ3v) is 3.56. The van der Waals surface area contributed by atoms with Crippen molar-refractivity contribution in [3.05, 3.63) is 98.9 Å². The average Bonchev–Trinajstić information content (AvgIpc) is 2.61. The molecule has 1 aromatic carbocycles. The number of non-ortho nitro benzene ring substituents is 1. The van der Waals surface area contributed by atoms with Gasteiger partial charge in [0.1, 0.15) is 5.69 Å². The highest BCUT2D eigenvalue weighted by molar-refractivity contribution is 5.70. The number of aliphatic hydroxyl groups is 1. The fraction of sp³-hybridized carbons (Fsp3) is 0.0588. The van der Waals surface area contributed by atoms with E-state index in [1.54, 1.807) is 24.3 Å². The second-order valence-electron chi connectivity index (χ2n) is 5.22. The first-order valence-electron chi connectivity index (χ1n) is 7.38. The lowest BCUT2D eigenvalue weighted by atomic mass is 10.0. The van der Waals surface area contributed by atoms with Crippen molar-refractivity contribution < 1.29 is 15.0 Å². The molecular formula is C17H16N4O5. The maximum atomic E-state index is 11.3. The summed E-state index contributed by atoms with van der Waals surface area (Å²) in [6, 6.07) is 3.22.